The van der Waals surface area contributed by atoms with Gasteiger partial charge in [0.2, 0.25) is 0 Å². The summed E-state index contributed by atoms with van der Waals surface area (Å²) in [7, 11) is 0. The lowest BCUT2D eigenvalue weighted by molar-refractivity contribution is 0.0973. The second-order valence-corrected chi connectivity index (χ2v) is 6.19. The highest BCUT2D eigenvalue weighted by Gasteiger charge is 2.52. The Morgan fingerprint density at radius 1 is 0.750 bits per heavy atom. The Morgan fingerprint density at radius 2 is 1.29 bits per heavy atom. The number of carbonyl (C=O) groups is 1. The molecule has 0 amide bonds. The first-order valence-electron chi connectivity index (χ1n) is 8.28. The van der Waals surface area contributed by atoms with Crippen LogP contribution in [0, 0.1) is 0 Å². The summed E-state index contributed by atoms with van der Waals surface area (Å²) in [4.78, 5) is 15.2. The van der Waals surface area contributed by atoms with Crippen LogP contribution in [0.25, 0.3) is 0 Å². The zero-order valence-corrected chi connectivity index (χ0v) is 13.4. The van der Waals surface area contributed by atoms with Gasteiger partial charge in [-0.1, -0.05) is 91.0 Å². The maximum absolute atomic E-state index is 12.9. The van der Waals surface area contributed by atoms with Crippen LogP contribution in [0.3, 0.4) is 0 Å². The van der Waals surface area contributed by atoms with Crippen LogP contribution in [0.4, 0.5) is 0 Å². The summed E-state index contributed by atoms with van der Waals surface area (Å²) in [5, 5.41) is 0. The number of hydrogen-bond donors (Lipinski definition) is 0. The lowest BCUT2D eigenvalue weighted by Gasteiger charge is -2.04. The van der Waals surface area contributed by atoms with Crippen LogP contribution >= 0.6 is 0 Å². The fraction of sp³-hybridized carbons (Fsp3) is 0.136. The molecule has 3 atom stereocenters. The SMILES string of the molecule is O=C(c1ccccc1)[C@@H]1[C@H](c2ccccc2)N1Cc1ccccc1. The van der Waals surface area contributed by atoms with E-state index < -0.39 is 0 Å². The van der Waals surface area contributed by atoms with Crippen molar-refractivity contribution in [2.45, 2.75) is 18.6 Å². The lowest BCUT2D eigenvalue weighted by Crippen LogP contribution is -2.13. The molecule has 2 nitrogen and oxygen atoms in total. The van der Waals surface area contributed by atoms with E-state index in [1.54, 1.807) is 0 Å². The Morgan fingerprint density at radius 3 is 1.92 bits per heavy atom. The van der Waals surface area contributed by atoms with Gasteiger partial charge in [-0.15, -0.1) is 0 Å². The Balaban J connectivity index is 1.61. The topological polar surface area (TPSA) is 20.1 Å². The Bertz CT molecular complexity index is 814. The minimum atomic E-state index is -0.0741. The molecule has 0 saturated carbocycles. The Kier molecular flexibility index (Phi) is 3.97. The van der Waals surface area contributed by atoms with Crippen LogP contribution in [0.1, 0.15) is 27.5 Å². The molecular weight excluding hydrogens is 294 g/mol. The van der Waals surface area contributed by atoms with Crippen molar-refractivity contribution in [1.82, 2.24) is 4.90 Å². The predicted molar refractivity (Wildman–Crippen MR) is 95.7 cm³/mol. The van der Waals surface area contributed by atoms with Gasteiger partial charge in [0.15, 0.2) is 5.78 Å². The molecule has 3 aromatic rings. The van der Waals surface area contributed by atoms with Crippen LogP contribution in [-0.4, -0.2) is 16.7 Å². The second-order valence-electron chi connectivity index (χ2n) is 6.19. The third-order valence-corrected chi connectivity index (χ3v) is 4.60. The smallest absolute Gasteiger partial charge is 0.181 e. The van der Waals surface area contributed by atoms with E-state index in [0.29, 0.717) is 0 Å². The van der Waals surface area contributed by atoms with Crippen LogP contribution in [0.5, 0.6) is 0 Å². The van der Waals surface area contributed by atoms with Crippen molar-refractivity contribution >= 4 is 5.78 Å². The van der Waals surface area contributed by atoms with Gasteiger partial charge in [-0.05, 0) is 11.1 Å². The standard InChI is InChI=1S/C22H19NO/c24-22(19-14-8-3-9-15-19)21-20(18-12-6-2-7-13-18)23(21)16-17-10-4-1-5-11-17/h1-15,20-21H,16H2/t20-,21-,23?/m0/s1. The summed E-state index contributed by atoms with van der Waals surface area (Å²) in [6.07, 6.45) is 0. The van der Waals surface area contributed by atoms with Gasteiger partial charge in [-0.3, -0.25) is 9.69 Å². The van der Waals surface area contributed by atoms with Crippen molar-refractivity contribution < 1.29 is 4.79 Å². The average molecular weight is 313 g/mol. The van der Waals surface area contributed by atoms with Crippen molar-refractivity contribution in [2.75, 3.05) is 0 Å². The van der Waals surface area contributed by atoms with E-state index in [-0.39, 0.29) is 17.9 Å². The fourth-order valence-corrected chi connectivity index (χ4v) is 3.36. The van der Waals surface area contributed by atoms with Crippen LogP contribution < -0.4 is 0 Å². The molecule has 0 aliphatic carbocycles. The van der Waals surface area contributed by atoms with Crippen LogP contribution in [-0.2, 0) is 6.54 Å². The highest BCUT2D eigenvalue weighted by Crippen LogP contribution is 2.45. The number of benzene rings is 3. The lowest BCUT2D eigenvalue weighted by atomic mass is 10.0. The van der Waals surface area contributed by atoms with Crippen molar-refractivity contribution in [3.05, 3.63) is 108 Å². The van der Waals surface area contributed by atoms with Gasteiger partial charge in [0.25, 0.3) is 0 Å². The molecule has 1 fully saturated rings. The molecule has 0 bridgehead atoms. The van der Waals surface area contributed by atoms with E-state index in [0.717, 1.165) is 12.1 Å². The summed E-state index contributed by atoms with van der Waals surface area (Å²) in [6.45, 7) is 0.795. The zero-order chi connectivity index (χ0) is 16.4. The van der Waals surface area contributed by atoms with Crippen molar-refractivity contribution in [3.8, 4) is 0 Å². The Hall–Kier alpha value is -2.71. The first-order chi connectivity index (χ1) is 11.8. The number of rotatable bonds is 5. The van der Waals surface area contributed by atoms with Gasteiger partial charge in [0, 0.05) is 12.1 Å². The fourth-order valence-electron chi connectivity index (χ4n) is 3.36. The minimum absolute atomic E-state index is 0.0741. The molecule has 0 aromatic heterocycles. The van der Waals surface area contributed by atoms with E-state index in [1.807, 2.05) is 66.7 Å². The molecule has 4 rings (SSSR count). The van der Waals surface area contributed by atoms with E-state index in [1.165, 1.54) is 11.1 Å². The second kappa shape index (κ2) is 6.42. The third-order valence-electron chi connectivity index (χ3n) is 4.60. The average Bonchev–Trinajstić information content (AvgIpc) is 3.37. The maximum atomic E-state index is 12.9. The molecule has 0 spiro atoms. The van der Waals surface area contributed by atoms with Crippen molar-refractivity contribution in [2.24, 2.45) is 0 Å². The highest BCUT2D eigenvalue weighted by atomic mass is 16.1. The quantitative estimate of drug-likeness (QED) is 0.511. The number of nitrogens with zero attached hydrogens (tertiary/aromatic N) is 1. The number of ketones is 1. The molecule has 24 heavy (non-hydrogen) atoms. The summed E-state index contributed by atoms with van der Waals surface area (Å²) in [5.41, 5.74) is 3.24. The number of hydrogen-bond acceptors (Lipinski definition) is 2. The van der Waals surface area contributed by atoms with E-state index in [4.69, 9.17) is 0 Å². The van der Waals surface area contributed by atoms with Gasteiger partial charge in [0.1, 0.15) is 0 Å². The molecule has 1 aliphatic heterocycles. The first-order valence-corrected chi connectivity index (χ1v) is 8.28. The van der Waals surface area contributed by atoms with Gasteiger partial charge in [0.05, 0.1) is 12.1 Å². The molecule has 3 aromatic carbocycles. The summed E-state index contributed by atoms with van der Waals surface area (Å²) >= 11 is 0. The molecule has 0 radical (unpaired) electrons. The Labute approximate surface area is 142 Å². The van der Waals surface area contributed by atoms with Gasteiger partial charge in [-0.25, -0.2) is 0 Å². The van der Waals surface area contributed by atoms with E-state index in [9.17, 15) is 4.79 Å². The maximum Gasteiger partial charge on any atom is 0.181 e. The summed E-state index contributed by atoms with van der Waals surface area (Å²) < 4.78 is 0. The normalized spacial score (nSPS) is 22.1. The first kappa shape index (κ1) is 14.9. The largest absolute Gasteiger partial charge is 0.292 e. The van der Waals surface area contributed by atoms with E-state index in [2.05, 4.69) is 29.2 Å². The van der Waals surface area contributed by atoms with E-state index >= 15 is 0 Å². The molecule has 1 saturated heterocycles. The van der Waals surface area contributed by atoms with Crippen molar-refractivity contribution in [3.63, 3.8) is 0 Å². The number of Topliss-reactive ketones (excluding diaryl/α,β-unsaturated/α-hetero) is 1. The third kappa shape index (κ3) is 2.89. The molecule has 1 aliphatic rings. The van der Waals surface area contributed by atoms with Crippen LogP contribution in [0.2, 0.25) is 0 Å². The molecule has 2 heteroatoms. The van der Waals surface area contributed by atoms with Gasteiger partial charge in [-0.2, -0.15) is 0 Å². The van der Waals surface area contributed by atoms with Gasteiger partial charge < -0.3 is 0 Å². The molecule has 118 valence electrons. The van der Waals surface area contributed by atoms with Gasteiger partial charge >= 0.3 is 0 Å². The molecule has 0 N–H and O–H groups in total. The summed E-state index contributed by atoms with van der Waals surface area (Å²) in [6, 6.07) is 30.4. The predicted octanol–water partition coefficient (Wildman–Crippen LogP) is 4.50. The number of carbonyl (C=O) groups excluding carboxylic acids is 1. The van der Waals surface area contributed by atoms with Crippen molar-refractivity contribution in [1.29, 1.82) is 0 Å². The minimum Gasteiger partial charge on any atom is -0.292 e. The summed E-state index contributed by atoms with van der Waals surface area (Å²) in [5.74, 6) is 0.209. The molecule has 1 heterocycles. The molecule has 1 unspecified atom stereocenters. The molecular formula is C22H19NO. The zero-order valence-electron chi connectivity index (χ0n) is 13.4. The van der Waals surface area contributed by atoms with Crippen LogP contribution in [0.15, 0.2) is 91.0 Å². The highest BCUT2D eigenvalue weighted by molar-refractivity contribution is 6.02. The monoisotopic (exact) mass is 313 g/mol.